The molecule has 10 aromatic carbocycles. The summed E-state index contributed by atoms with van der Waals surface area (Å²) in [6.07, 6.45) is 0. The summed E-state index contributed by atoms with van der Waals surface area (Å²) in [5.41, 5.74) is 12.6. The first kappa shape index (κ1) is 38.1. The van der Waals surface area contributed by atoms with Gasteiger partial charge in [0.05, 0.1) is 14.2 Å². The molecule has 4 heteroatoms. The molecule has 0 N–H and O–H groups in total. The third kappa shape index (κ3) is 7.08. The van der Waals surface area contributed by atoms with Gasteiger partial charge in [0.1, 0.15) is 11.5 Å². The molecule has 0 heterocycles. The lowest BCUT2D eigenvalue weighted by Crippen LogP contribution is -2.09. The van der Waals surface area contributed by atoms with E-state index in [4.69, 9.17) is 9.47 Å². The quantitative estimate of drug-likeness (QED) is 0.130. The number of methoxy groups -OCH3 is 2. The number of para-hydroxylation sites is 4. The van der Waals surface area contributed by atoms with Gasteiger partial charge in [-0.1, -0.05) is 146 Å². The van der Waals surface area contributed by atoms with E-state index in [9.17, 15) is 0 Å². The SMILES string of the molecule is COc1c(-c2ccc(N(c3ccccc3)c3ccccc3)cc2)cc2ccccc2c1-c1c(OC)c(-c2ccc(N(c3ccccc3)c3ccccc3)cc2)cc2ccccc12. The molecule has 0 aromatic heterocycles. The highest BCUT2D eigenvalue weighted by Gasteiger charge is 2.25. The average molecular weight is 801 g/mol. The van der Waals surface area contributed by atoms with Crippen molar-refractivity contribution in [2.24, 2.45) is 0 Å². The molecule has 0 atom stereocenters. The summed E-state index contributed by atoms with van der Waals surface area (Å²) in [6.45, 7) is 0. The monoisotopic (exact) mass is 800 g/mol. The van der Waals surface area contributed by atoms with Crippen LogP contribution in [0.15, 0.2) is 231 Å². The van der Waals surface area contributed by atoms with Crippen LogP contribution < -0.4 is 19.3 Å². The van der Waals surface area contributed by atoms with Crippen molar-refractivity contribution in [3.8, 4) is 44.9 Å². The summed E-state index contributed by atoms with van der Waals surface area (Å²) in [7, 11) is 3.56. The molecule has 0 aliphatic carbocycles. The Bertz CT molecular complexity index is 2820. The predicted octanol–water partition coefficient (Wildman–Crippen LogP) is 16.0. The molecule has 10 rings (SSSR count). The van der Waals surface area contributed by atoms with Gasteiger partial charge in [0.15, 0.2) is 0 Å². The highest BCUT2D eigenvalue weighted by molar-refractivity contribution is 6.14. The van der Waals surface area contributed by atoms with E-state index < -0.39 is 0 Å². The first-order chi connectivity index (χ1) is 30.7. The zero-order valence-corrected chi connectivity index (χ0v) is 34.7. The summed E-state index contributed by atoms with van der Waals surface area (Å²) >= 11 is 0. The van der Waals surface area contributed by atoms with Crippen LogP contribution in [0, 0.1) is 0 Å². The smallest absolute Gasteiger partial charge is 0.135 e. The lowest BCUT2D eigenvalue weighted by molar-refractivity contribution is 0.413. The van der Waals surface area contributed by atoms with E-state index in [2.05, 4.69) is 240 Å². The molecule has 0 fully saturated rings. The zero-order valence-electron chi connectivity index (χ0n) is 34.7. The molecule has 298 valence electrons. The fraction of sp³-hybridized carbons (Fsp3) is 0.0345. The molecule has 0 amide bonds. The fourth-order valence-corrected chi connectivity index (χ4v) is 8.79. The van der Waals surface area contributed by atoms with Crippen LogP contribution >= 0.6 is 0 Å². The van der Waals surface area contributed by atoms with Gasteiger partial charge in [-0.2, -0.15) is 0 Å². The highest BCUT2D eigenvalue weighted by atomic mass is 16.5. The molecule has 4 nitrogen and oxygen atoms in total. The third-order valence-electron chi connectivity index (χ3n) is 11.6. The number of hydrogen-bond donors (Lipinski definition) is 0. The van der Waals surface area contributed by atoms with Crippen molar-refractivity contribution in [1.82, 2.24) is 0 Å². The lowest BCUT2D eigenvalue weighted by Gasteiger charge is -2.26. The predicted molar refractivity (Wildman–Crippen MR) is 260 cm³/mol. The summed E-state index contributed by atoms with van der Waals surface area (Å²) in [5, 5.41) is 4.39. The molecule has 0 spiro atoms. The number of benzene rings is 10. The minimum atomic E-state index is 0.789. The normalized spacial score (nSPS) is 11.1. The second-order valence-corrected chi connectivity index (χ2v) is 15.2. The molecular formula is C58H44N2O2. The number of anilines is 6. The van der Waals surface area contributed by atoms with Gasteiger partial charge in [-0.3, -0.25) is 0 Å². The summed E-state index contributed by atoms with van der Waals surface area (Å²) < 4.78 is 13.1. The van der Waals surface area contributed by atoms with E-state index in [-0.39, 0.29) is 0 Å². The fourth-order valence-electron chi connectivity index (χ4n) is 8.79. The zero-order chi connectivity index (χ0) is 41.8. The van der Waals surface area contributed by atoms with Crippen LogP contribution in [-0.2, 0) is 0 Å². The van der Waals surface area contributed by atoms with Crippen molar-refractivity contribution in [3.05, 3.63) is 231 Å². The van der Waals surface area contributed by atoms with Crippen LogP contribution in [0.2, 0.25) is 0 Å². The van der Waals surface area contributed by atoms with Gasteiger partial charge in [-0.05, 0) is 118 Å². The second kappa shape index (κ2) is 16.9. The highest BCUT2D eigenvalue weighted by Crippen LogP contribution is 2.52. The summed E-state index contributed by atoms with van der Waals surface area (Å²) in [6, 6.07) is 81.2. The maximum absolute atomic E-state index is 6.56. The Labute approximate surface area is 363 Å². The first-order valence-electron chi connectivity index (χ1n) is 20.9. The van der Waals surface area contributed by atoms with Crippen LogP contribution in [0.5, 0.6) is 11.5 Å². The van der Waals surface area contributed by atoms with Gasteiger partial charge >= 0.3 is 0 Å². The molecule has 0 unspecified atom stereocenters. The maximum atomic E-state index is 6.56. The van der Waals surface area contributed by atoms with Crippen molar-refractivity contribution in [1.29, 1.82) is 0 Å². The van der Waals surface area contributed by atoms with Crippen molar-refractivity contribution in [2.75, 3.05) is 24.0 Å². The van der Waals surface area contributed by atoms with Gasteiger partial charge in [-0.15, -0.1) is 0 Å². The molecule has 62 heavy (non-hydrogen) atoms. The summed E-state index contributed by atoms with van der Waals surface area (Å²) in [5.74, 6) is 1.58. The largest absolute Gasteiger partial charge is 0.495 e. The van der Waals surface area contributed by atoms with Gasteiger partial charge < -0.3 is 19.3 Å². The van der Waals surface area contributed by atoms with Gasteiger partial charge in [-0.25, -0.2) is 0 Å². The van der Waals surface area contributed by atoms with Crippen molar-refractivity contribution in [2.45, 2.75) is 0 Å². The number of ether oxygens (including phenoxy) is 2. The van der Waals surface area contributed by atoms with Crippen LogP contribution in [0.1, 0.15) is 0 Å². The van der Waals surface area contributed by atoms with E-state index in [1.54, 1.807) is 14.2 Å². The van der Waals surface area contributed by atoms with Crippen LogP contribution in [0.3, 0.4) is 0 Å². The number of fused-ring (bicyclic) bond motifs is 2. The van der Waals surface area contributed by atoms with E-state index >= 15 is 0 Å². The molecule has 0 aliphatic rings. The van der Waals surface area contributed by atoms with Crippen LogP contribution in [0.4, 0.5) is 34.1 Å². The molecule has 0 aliphatic heterocycles. The number of nitrogens with zero attached hydrogens (tertiary/aromatic N) is 2. The standard InChI is InChI=1S/C58H44N2O2/c1-61-57-53(41-31-35-49(36-32-41)59(45-21-7-3-8-22-45)46-23-9-4-10-24-46)39-43-19-15-17-29-51(43)55(57)56-52-30-18-16-20-44(52)40-54(58(56)62-2)42-33-37-50(38-34-42)60(47-25-11-5-12-26-47)48-27-13-6-14-28-48/h3-40H,1-2H3. The van der Waals surface area contributed by atoms with Crippen molar-refractivity contribution >= 4 is 55.7 Å². The Morgan fingerprint density at radius 2 is 0.565 bits per heavy atom. The van der Waals surface area contributed by atoms with E-state index in [0.717, 1.165) is 101 Å². The van der Waals surface area contributed by atoms with E-state index in [1.807, 2.05) is 0 Å². The first-order valence-corrected chi connectivity index (χ1v) is 20.9. The molecule has 0 radical (unpaired) electrons. The van der Waals surface area contributed by atoms with E-state index in [0.29, 0.717) is 0 Å². The number of hydrogen-bond acceptors (Lipinski definition) is 4. The summed E-state index contributed by atoms with van der Waals surface area (Å²) in [4.78, 5) is 4.56. The molecule has 0 saturated heterocycles. The topological polar surface area (TPSA) is 24.9 Å². The minimum Gasteiger partial charge on any atom is -0.495 e. The van der Waals surface area contributed by atoms with Crippen LogP contribution in [0.25, 0.3) is 54.9 Å². The second-order valence-electron chi connectivity index (χ2n) is 15.2. The van der Waals surface area contributed by atoms with E-state index in [1.165, 1.54) is 0 Å². The Balaban J connectivity index is 1.14. The van der Waals surface area contributed by atoms with Gasteiger partial charge in [0.2, 0.25) is 0 Å². The van der Waals surface area contributed by atoms with Gasteiger partial charge in [0.25, 0.3) is 0 Å². The molecular weight excluding hydrogens is 757 g/mol. The third-order valence-corrected chi connectivity index (χ3v) is 11.6. The Kier molecular flexibility index (Phi) is 10.4. The number of rotatable bonds is 11. The minimum absolute atomic E-state index is 0.789. The van der Waals surface area contributed by atoms with Crippen LogP contribution in [-0.4, -0.2) is 14.2 Å². The molecule has 10 aromatic rings. The lowest BCUT2D eigenvalue weighted by atomic mass is 9.86. The van der Waals surface area contributed by atoms with Gasteiger partial charge in [0, 0.05) is 56.4 Å². The average Bonchev–Trinajstić information content (AvgIpc) is 3.35. The molecule has 0 bridgehead atoms. The van der Waals surface area contributed by atoms with Crippen molar-refractivity contribution < 1.29 is 9.47 Å². The molecule has 0 saturated carbocycles. The Morgan fingerprint density at radius 3 is 0.871 bits per heavy atom. The Hall–Kier alpha value is -8.08. The maximum Gasteiger partial charge on any atom is 0.135 e. The Morgan fingerprint density at radius 1 is 0.290 bits per heavy atom. The van der Waals surface area contributed by atoms with Crippen molar-refractivity contribution in [3.63, 3.8) is 0 Å².